The van der Waals surface area contributed by atoms with Crippen LogP contribution in [0, 0.1) is 18.7 Å². The Kier molecular flexibility index (Phi) is 6.76. The average Bonchev–Trinajstić information content (AvgIpc) is 2.75. The lowest BCUT2D eigenvalue weighted by Crippen LogP contribution is -2.59. The second-order valence-electron chi connectivity index (χ2n) is 8.40. The highest BCUT2D eigenvalue weighted by molar-refractivity contribution is 6.39. The molecule has 2 unspecified atom stereocenters. The molecule has 1 aliphatic heterocycles. The highest BCUT2D eigenvalue weighted by Crippen LogP contribution is 2.29. The standard InChI is InChI=1S/C23H28FN5O3/c1-13(2)22(31)28-12-19(16-5-7-17(24)8-6-16)29(11-15(28)4)23(32)21(30)27-18-9-14(3)20(25)26-10-18/h5-10,13,15,19H,11-12H2,1-4H3,(H2,25,26)(H,27,30). The van der Waals surface area contributed by atoms with E-state index < -0.39 is 23.7 Å². The molecule has 9 heteroatoms. The topological polar surface area (TPSA) is 109 Å². The summed E-state index contributed by atoms with van der Waals surface area (Å²) in [5.41, 5.74) is 7.38. The maximum atomic E-state index is 13.5. The molecule has 0 radical (unpaired) electrons. The van der Waals surface area contributed by atoms with Crippen molar-refractivity contribution >= 4 is 29.2 Å². The van der Waals surface area contributed by atoms with Gasteiger partial charge in [-0.2, -0.15) is 0 Å². The van der Waals surface area contributed by atoms with E-state index in [2.05, 4.69) is 10.3 Å². The van der Waals surface area contributed by atoms with Gasteiger partial charge in [0.2, 0.25) is 5.91 Å². The van der Waals surface area contributed by atoms with E-state index in [-0.39, 0.29) is 31.0 Å². The van der Waals surface area contributed by atoms with E-state index in [1.54, 1.807) is 30.0 Å². The Morgan fingerprint density at radius 2 is 1.81 bits per heavy atom. The number of halogens is 1. The van der Waals surface area contributed by atoms with Crippen molar-refractivity contribution in [2.75, 3.05) is 24.1 Å². The summed E-state index contributed by atoms with van der Waals surface area (Å²) in [5.74, 6) is -1.88. The van der Waals surface area contributed by atoms with Crippen molar-refractivity contribution in [2.24, 2.45) is 5.92 Å². The third-order valence-corrected chi connectivity index (χ3v) is 5.60. The van der Waals surface area contributed by atoms with Crippen LogP contribution in [0.5, 0.6) is 0 Å². The number of anilines is 2. The summed E-state index contributed by atoms with van der Waals surface area (Å²) in [6.45, 7) is 7.60. The summed E-state index contributed by atoms with van der Waals surface area (Å²) in [6, 6.07) is 6.50. The fourth-order valence-electron chi connectivity index (χ4n) is 3.78. The molecule has 3 amide bonds. The predicted octanol–water partition coefficient (Wildman–Crippen LogP) is 2.51. The quantitative estimate of drug-likeness (QED) is 0.712. The summed E-state index contributed by atoms with van der Waals surface area (Å²) >= 11 is 0. The van der Waals surface area contributed by atoms with Crippen molar-refractivity contribution in [1.29, 1.82) is 0 Å². The normalized spacial score (nSPS) is 18.6. The smallest absolute Gasteiger partial charge is 0.313 e. The number of amides is 3. The van der Waals surface area contributed by atoms with E-state index >= 15 is 0 Å². The molecule has 2 heterocycles. The molecule has 1 aromatic heterocycles. The van der Waals surface area contributed by atoms with E-state index in [4.69, 9.17) is 5.73 Å². The number of carbonyl (C=O) groups excluding carboxylic acids is 3. The first kappa shape index (κ1) is 23.2. The van der Waals surface area contributed by atoms with E-state index in [1.807, 2.05) is 20.8 Å². The minimum absolute atomic E-state index is 0.0374. The fraction of sp³-hybridized carbons (Fsp3) is 0.391. The maximum Gasteiger partial charge on any atom is 0.313 e. The first-order valence-electron chi connectivity index (χ1n) is 10.5. The number of pyridine rings is 1. The first-order valence-corrected chi connectivity index (χ1v) is 10.5. The van der Waals surface area contributed by atoms with Gasteiger partial charge in [-0.25, -0.2) is 9.37 Å². The van der Waals surface area contributed by atoms with Crippen LogP contribution in [-0.4, -0.2) is 51.6 Å². The summed E-state index contributed by atoms with van der Waals surface area (Å²) in [6.07, 6.45) is 1.38. The Morgan fingerprint density at radius 3 is 2.41 bits per heavy atom. The van der Waals surface area contributed by atoms with Gasteiger partial charge in [-0.15, -0.1) is 0 Å². The molecule has 0 aliphatic carbocycles. The van der Waals surface area contributed by atoms with Crippen molar-refractivity contribution in [1.82, 2.24) is 14.8 Å². The van der Waals surface area contributed by atoms with Crippen molar-refractivity contribution in [3.05, 3.63) is 53.5 Å². The minimum Gasteiger partial charge on any atom is -0.383 e. The number of piperazine rings is 1. The zero-order valence-electron chi connectivity index (χ0n) is 18.6. The molecule has 2 atom stereocenters. The molecular formula is C23H28FN5O3. The molecule has 8 nitrogen and oxygen atoms in total. The van der Waals surface area contributed by atoms with E-state index in [0.717, 1.165) is 0 Å². The maximum absolute atomic E-state index is 13.5. The van der Waals surface area contributed by atoms with Gasteiger partial charge < -0.3 is 20.9 Å². The number of benzene rings is 1. The van der Waals surface area contributed by atoms with Gasteiger partial charge >= 0.3 is 11.8 Å². The van der Waals surface area contributed by atoms with Gasteiger partial charge in [0.05, 0.1) is 17.9 Å². The van der Waals surface area contributed by atoms with Crippen molar-refractivity contribution < 1.29 is 18.8 Å². The highest BCUT2D eigenvalue weighted by atomic mass is 19.1. The predicted molar refractivity (Wildman–Crippen MR) is 119 cm³/mol. The van der Waals surface area contributed by atoms with Gasteiger partial charge in [0.1, 0.15) is 11.6 Å². The summed E-state index contributed by atoms with van der Waals surface area (Å²) in [7, 11) is 0. The molecule has 32 heavy (non-hydrogen) atoms. The van der Waals surface area contributed by atoms with Crippen LogP contribution in [0.25, 0.3) is 0 Å². The van der Waals surface area contributed by atoms with Gasteiger partial charge in [0.25, 0.3) is 0 Å². The lowest BCUT2D eigenvalue weighted by atomic mass is 9.98. The van der Waals surface area contributed by atoms with Crippen molar-refractivity contribution in [3.8, 4) is 0 Å². The number of nitrogens with zero attached hydrogens (tertiary/aromatic N) is 3. The van der Waals surface area contributed by atoms with Gasteiger partial charge in [-0.05, 0) is 43.2 Å². The molecular weight excluding hydrogens is 413 g/mol. The molecule has 170 valence electrons. The zero-order chi connectivity index (χ0) is 23.6. The second-order valence-corrected chi connectivity index (χ2v) is 8.40. The number of hydrogen-bond acceptors (Lipinski definition) is 5. The SMILES string of the molecule is Cc1cc(NC(=O)C(=O)N2CC(C)N(C(=O)C(C)C)CC2c2ccc(F)cc2)cnc1N. The molecule has 0 bridgehead atoms. The Hall–Kier alpha value is -3.49. The molecule has 1 fully saturated rings. The molecule has 3 N–H and O–H groups in total. The number of aryl methyl sites for hydroxylation is 1. The lowest BCUT2D eigenvalue weighted by Gasteiger charge is -2.45. The van der Waals surface area contributed by atoms with Crippen LogP contribution in [0.1, 0.15) is 37.9 Å². The van der Waals surface area contributed by atoms with Crippen molar-refractivity contribution in [3.63, 3.8) is 0 Å². The second kappa shape index (κ2) is 9.33. The van der Waals surface area contributed by atoms with Crippen LogP contribution in [0.4, 0.5) is 15.9 Å². The van der Waals surface area contributed by atoms with Gasteiger partial charge in [0, 0.05) is 25.0 Å². The monoisotopic (exact) mass is 441 g/mol. The van der Waals surface area contributed by atoms with E-state index in [1.165, 1.54) is 23.2 Å². The zero-order valence-corrected chi connectivity index (χ0v) is 18.6. The number of nitrogens with one attached hydrogen (secondary N) is 1. The molecule has 1 aliphatic rings. The van der Waals surface area contributed by atoms with Crippen LogP contribution < -0.4 is 11.1 Å². The Balaban J connectivity index is 1.87. The van der Waals surface area contributed by atoms with Gasteiger partial charge in [-0.1, -0.05) is 26.0 Å². The molecule has 0 saturated carbocycles. The Morgan fingerprint density at radius 1 is 1.16 bits per heavy atom. The van der Waals surface area contributed by atoms with Crippen LogP contribution in [-0.2, 0) is 14.4 Å². The summed E-state index contributed by atoms with van der Waals surface area (Å²) in [4.78, 5) is 45.8. The van der Waals surface area contributed by atoms with Crippen LogP contribution in [0.2, 0.25) is 0 Å². The van der Waals surface area contributed by atoms with Crippen LogP contribution in [0.15, 0.2) is 36.5 Å². The largest absolute Gasteiger partial charge is 0.383 e. The number of hydrogen-bond donors (Lipinski definition) is 2. The first-order chi connectivity index (χ1) is 15.1. The van der Waals surface area contributed by atoms with Gasteiger partial charge in [0.15, 0.2) is 0 Å². The summed E-state index contributed by atoms with van der Waals surface area (Å²) in [5, 5.41) is 2.57. The lowest BCUT2D eigenvalue weighted by molar-refractivity contribution is -0.152. The number of nitrogen functional groups attached to an aromatic ring is 1. The van der Waals surface area contributed by atoms with Gasteiger partial charge in [-0.3, -0.25) is 14.4 Å². The number of aromatic nitrogens is 1. The number of rotatable bonds is 3. The molecule has 1 saturated heterocycles. The molecule has 3 rings (SSSR count). The Labute approximate surface area is 186 Å². The third-order valence-electron chi connectivity index (χ3n) is 5.60. The molecule has 2 aromatic rings. The molecule has 1 aromatic carbocycles. The van der Waals surface area contributed by atoms with E-state index in [9.17, 15) is 18.8 Å². The minimum atomic E-state index is -0.820. The fourth-order valence-corrected chi connectivity index (χ4v) is 3.78. The number of carbonyl (C=O) groups is 3. The molecule has 0 spiro atoms. The third kappa shape index (κ3) is 4.87. The average molecular weight is 442 g/mol. The highest BCUT2D eigenvalue weighted by Gasteiger charge is 2.39. The number of nitrogens with two attached hydrogens (primary N) is 1. The van der Waals surface area contributed by atoms with Crippen LogP contribution in [0.3, 0.4) is 0 Å². The van der Waals surface area contributed by atoms with Crippen molar-refractivity contribution in [2.45, 2.75) is 39.8 Å². The van der Waals surface area contributed by atoms with E-state index in [0.29, 0.717) is 22.6 Å². The Bertz CT molecular complexity index is 1020. The summed E-state index contributed by atoms with van der Waals surface area (Å²) < 4.78 is 13.5. The van der Waals surface area contributed by atoms with Crippen LogP contribution >= 0.6 is 0 Å².